The molecule has 1 amide bonds. The molecule has 1 unspecified atom stereocenters. The van der Waals surface area contributed by atoms with Crippen LogP contribution in [0.5, 0.6) is 5.75 Å². The second-order valence-electron chi connectivity index (χ2n) is 6.33. The highest BCUT2D eigenvalue weighted by molar-refractivity contribution is 5.89. The first-order valence-electron chi connectivity index (χ1n) is 7.75. The van der Waals surface area contributed by atoms with E-state index in [-0.39, 0.29) is 6.42 Å². The van der Waals surface area contributed by atoms with E-state index in [1.165, 1.54) is 12.1 Å². The molecule has 1 aromatic carbocycles. The molecule has 1 saturated carbocycles. The third kappa shape index (κ3) is 6.33. The molecule has 1 fully saturated rings. The molecule has 0 bridgehead atoms. The maximum absolute atomic E-state index is 12.4. The first-order valence-corrected chi connectivity index (χ1v) is 7.75. The molecule has 1 aliphatic rings. The molecule has 2 rings (SSSR count). The fourth-order valence-electron chi connectivity index (χ4n) is 2.58. The van der Waals surface area contributed by atoms with Crippen molar-refractivity contribution in [3.8, 4) is 5.75 Å². The van der Waals surface area contributed by atoms with E-state index in [1.807, 2.05) is 5.32 Å². The smallest absolute Gasteiger partial charge is 0.480 e. The maximum atomic E-state index is 12.4. The predicted octanol–water partition coefficient (Wildman–Crippen LogP) is 3.43. The zero-order valence-electron chi connectivity index (χ0n) is 13.7. The minimum absolute atomic E-state index is 0.0590. The van der Waals surface area contributed by atoms with Gasteiger partial charge in [-0.25, -0.2) is 4.79 Å². The maximum Gasteiger partial charge on any atom is 0.573 e. The van der Waals surface area contributed by atoms with E-state index in [2.05, 4.69) is 4.74 Å². The van der Waals surface area contributed by atoms with Crippen molar-refractivity contribution in [3.05, 3.63) is 29.8 Å². The zero-order valence-corrected chi connectivity index (χ0v) is 13.7. The van der Waals surface area contributed by atoms with Crippen LogP contribution in [0, 0.1) is 5.41 Å². The number of alkyl halides is 6. The minimum Gasteiger partial charge on any atom is -0.480 e. The number of hydrogen-bond donors (Lipinski definition) is 2. The van der Waals surface area contributed by atoms with Crippen molar-refractivity contribution < 1.29 is 45.8 Å². The molecule has 0 heterocycles. The van der Waals surface area contributed by atoms with Gasteiger partial charge in [0.25, 0.3) is 0 Å². The molecule has 150 valence electrons. The number of ether oxygens (including phenoxy) is 1. The number of carbonyl (C=O) groups is 2. The van der Waals surface area contributed by atoms with Gasteiger partial charge in [-0.05, 0) is 37.0 Å². The highest BCUT2D eigenvalue weighted by Crippen LogP contribution is 2.49. The van der Waals surface area contributed by atoms with Gasteiger partial charge in [-0.2, -0.15) is 13.2 Å². The first kappa shape index (κ1) is 20.8. The van der Waals surface area contributed by atoms with Crippen molar-refractivity contribution >= 4 is 11.9 Å². The summed E-state index contributed by atoms with van der Waals surface area (Å²) in [5.41, 5.74) is -0.592. The molecular formula is C16H15F6NO4. The highest BCUT2D eigenvalue weighted by atomic mass is 19.4. The lowest BCUT2D eigenvalue weighted by Gasteiger charge is -2.21. The van der Waals surface area contributed by atoms with Gasteiger partial charge in [-0.15, -0.1) is 13.2 Å². The third-order valence-corrected chi connectivity index (χ3v) is 4.07. The number of halogens is 6. The second-order valence-corrected chi connectivity index (χ2v) is 6.33. The van der Waals surface area contributed by atoms with Crippen LogP contribution in [0.3, 0.4) is 0 Å². The summed E-state index contributed by atoms with van der Waals surface area (Å²) in [6.07, 6.45) is -10.6. The number of carboxylic acid groups (broad SMARTS) is 1. The molecule has 0 saturated heterocycles. The standard InChI is InChI=1S/C16H15F6NO4/c17-15(18,19)8-11(12(24)25)23-13(26)14(5-6-14)7-9-1-3-10(4-2-9)27-16(20,21)22/h1-4,11H,5-8H2,(H,23,26)(H,24,25). The Bertz CT molecular complexity index is 694. The van der Waals surface area contributed by atoms with E-state index in [9.17, 15) is 35.9 Å². The van der Waals surface area contributed by atoms with Crippen LogP contribution in [0.2, 0.25) is 0 Å². The summed E-state index contributed by atoms with van der Waals surface area (Å²) < 4.78 is 77.4. The van der Waals surface area contributed by atoms with E-state index in [4.69, 9.17) is 5.11 Å². The summed E-state index contributed by atoms with van der Waals surface area (Å²) in [5, 5.41) is 10.8. The van der Waals surface area contributed by atoms with Crippen LogP contribution in [0.1, 0.15) is 24.8 Å². The summed E-state index contributed by atoms with van der Waals surface area (Å²) in [6, 6.07) is 2.62. The molecule has 1 aromatic rings. The average Bonchev–Trinajstić information content (AvgIpc) is 3.26. The summed E-state index contributed by atoms with van der Waals surface area (Å²) in [5.74, 6) is -3.07. The predicted molar refractivity (Wildman–Crippen MR) is 78.7 cm³/mol. The number of nitrogens with one attached hydrogen (secondary N) is 1. The van der Waals surface area contributed by atoms with Crippen molar-refractivity contribution in [1.82, 2.24) is 5.32 Å². The Balaban J connectivity index is 2.01. The zero-order chi connectivity index (χ0) is 20.5. The monoisotopic (exact) mass is 399 g/mol. The number of carboxylic acids is 1. The highest BCUT2D eigenvalue weighted by Gasteiger charge is 2.51. The molecule has 27 heavy (non-hydrogen) atoms. The lowest BCUT2D eigenvalue weighted by molar-refractivity contribution is -0.274. The second kappa shape index (κ2) is 7.28. The molecule has 1 atom stereocenters. The van der Waals surface area contributed by atoms with Gasteiger partial charge in [-0.3, -0.25) is 4.79 Å². The van der Waals surface area contributed by atoms with Gasteiger partial charge < -0.3 is 15.2 Å². The van der Waals surface area contributed by atoms with Gasteiger partial charge in [0.15, 0.2) is 0 Å². The fraction of sp³-hybridized carbons (Fsp3) is 0.500. The Morgan fingerprint density at radius 2 is 1.67 bits per heavy atom. The van der Waals surface area contributed by atoms with E-state index in [0.29, 0.717) is 18.4 Å². The summed E-state index contributed by atoms with van der Waals surface area (Å²) in [6.45, 7) is 0. The van der Waals surface area contributed by atoms with Gasteiger partial charge in [0.2, 0.25) is 5.91 Å². The average molecular weight is 399 g/mol. The summed E-state index contributed by atoms with van der Waals surface area (Å²) in [4.78, 5) is 23.2. The molecule has 0 radical (unpaired) electrons. The van der Waals surface area contributed by atoms with Gasteiger partial charge in [0, 0.05) is 0 Å². The van der Waals surface area contributed by atoms with E-state index >= 15 is 0 Å². The summed E-state index contributed by atoms with van der Waals surface area (Å²) >= 11 is 0. The number of carbonyl (C=O) groups excluding carboxylic acids is 1. The number of hydrogen-bond acceptors (Lipinski definition) is 3. The molecule has 0 aromatic heterocycles. The molecular weight excluding hydrogens is 384 g/mol. The van der Waals surface area contributed by atoms with Gasteiger partial charge in [-0.1, -0.05) is 12.1 Å². The number of benzene rings is 1. The molecule has 0 aliphatic heterocycles. The Hall–Kier alpha value is -2.46. The first-order chi connectivity index (χ1) is 12.3. The molecule has 11 heteroatoms. The van der Waals surface area contributed by atoms with Crippen molar-refractivity contribution in [2.24, 2.45) is 5.41 Å². The van der Waals surface area contributed by atoms with Crippen LogP contribution in [-0.2, 0) is 16.0 Å². The molecule has 2 N–H and O–H groups in total. The minimum atomic E-state index is -4.84. The SMILES string of the molecule is O=C(O)C(CC(F)(F)F)NC(=O)C1(Cc2ccc(OC(F)(F)F)cc2)CC1. The van der Waals surface area contributed by atoms with Crippen LogP contribution >= 0.6 is 0 Å². The number of rotatable bonds is 7. The van der Waals surface area contributed by atoms with Crippen molar-refractivity contribution in [2.45, 2.75) is 44.3 Å². The lowest BCUT2D eigenvalue weighted by atomic mass is 9.95. The van der Waals surface area contributed by atoms with E-state index in [0.717, 1.165) is 12.1 Å². The van der Waals surface area contributed by atoms with Crippen molar-refractivity contribution in [2.75, 3.05) is 0 Å². The Labute approximate surface area is 149 Å². The number of aliphatic carboxylic acids is 1. The van der Waals surface area contributed by atoms with Crippen molar-refractivity contribution in [1.29, 1.82) is 0 Å². The van der Waals surface area contributed by atoms with Crippen molar-refractivity contribution in [3.63, 3.8) is 0 Å². The van der Waals surface area contributed by atoms with Crippen LogP contribution < -0.4 is 10.1 Å². The Morgan fingerprint density at radius 1 is 1.11 bits per heavy atom. The van der Waals surface area contributed by atoms with E-state index in [1.54, 1.807) is 0 Å². The van der Waals surface area contributed by atoms with Crippen LogP contribution in [0.15, 0.2) is 24.3 Å². The van der Waals surface area contributed by atoms with Gasteiger partial charge in [0.05, 0.1) is 11.8 Å². The lowest BCUT2D eigenvalue weighted by Crippen LogP contribution is -2.47. The Kier molecular flexibility index (Phi) is 5.62. The van der Waals surface area contributed by atoms with Gasteiger partial charge >= 0.3 is 18.5 Å². The van der Waals surface area contributed by atoms with Gasteiger partial charge in [0.1, 0.15) is 11.8 Å². The normalized spacial score (nSPS) is 17.1. The number of amides is 1. The van der Waals surface area contributed by atoms with E-state index < -0.39 is 48.0 Å². The fourth-order valence-corrected chi connectivity index (χ4v) is 2.58. The topological polar surface area (TPSA) is 75.6 Å². The van der Waals surface area contributed by atoms with Crippen LogP contribution in [0.4, 0.5) is 26.3 Å². The van der Waals surface area contributed by atoms with Crippen LogP contribution in [0.25, 0.3) is 0 Å². The quantitative estimate of drug-likeness (QED) is 0.689. The molecule has 0 spiro atoms. The molecule has 1 aliphatic carbocycles. The third-order valence-electron chi connectivity index (χ3n) is 4.07. The van der Waals surface area contributed by atoms with Crippen LogP contribution in [-0.4, -0.2) is 35.6 Å². The molecule has 5 nitrogen and oxygen atoms in total. The summed E-state index contributed by atoms with van der Waals surface area (Å²) in [7, 11) is 0. The largest absolute Gasteiger partial charge is 0.573 e. The Morgan fingerprint density at radius 3 is 2.07 bits per heavy atom.